The standard InChI is InChI=1S/C17H36O2Si/c1-7-12-13-15(6)17(14-16(18)8-2)19-20(9-3,10-4)11-5/h8,15-18H,2,7,9-14H2,1,3-6H3/t15-,16?,17+/m0/s1. The molecule has 3 atom stereocenters. The van der Waals surface area contributed by atoms with Crippen LogP contribution in [0, 0.1) is 5.92 Å². The van der Waals surface area contributed by atoms with Gasteiger partial charge in [0.2, 0.25) is 0 Å². The van der Waals surface area contributed by atoms with Crippen LogP contribution in [0.2, 0.25) is 18.1 Å². The predicted molar refractivity (Wildman–Crippen MR) is 91.6 cm³/mol. The molecule has 0 saturated carbocycles. The predicted octanol–water partition coefficient (Wildman–Crippen LogP) is 5.14. The Labute approximate surface area is 127 Å². The Morgan fingerprint density at radius 1 is 1.15 bits per heavy atom. The lowest BCUT2D eigenvalue weighted by Gasteiger charge is -2.37. The number of hydrogen-bond donors (Lipinski definition) is 1. The molecule has 0 aliphatic carbocycles. The van der Waals surface area contributed by atoms with Crippen molar-refractivity contribution in [1.82, 2.24) is 0 Å². The first kappa shape index (κ1) is 19.9. The van der Waals surface area contributed by atoms with Crippen molar-refractivity contribution in [3.05, 3.63) is 12.7 Å². The Bertz CT molecular complexity index is 243. The van der Waals surface area contributed by atoms with E-state index in [-0.39, 0.29) is 6.10 Å². The van der Waals surface area contributed by atoms with Crippen molar-refractivity contribution in [2.24, 2.45) is 5.92 Å². The normalized spacial score (nSPS) is 16.7. The number of rotatable bonds is 12. The zero-order chi connectivity index (χ0) is 15.6. The highest BCUT2D eigenvalue weighted by atomic mass is 28.4. The monoisotopic (exact) mass is 300 g/mol. The van der Waals surface area contributed by atoms with E-state index in [0.717, 1.165) is 0 Å². The summed E-state index contributed by atoms with van der Waals surface area (Å²) >= 11 is 0. The lowest BCUT2D eigenvalue weighted by Crippen LogP contribution is -2.43. The first-order valence-electron chi connectivity index (χ1n) is 8.46. The summed E-state index contributed by atoms with van der Waals surface area (Å²) in [6.45, 7) is 15.0. The molecule has 0 radical (unpaired) electrons. The maximum absolute atomic E-state index is 9.93. The van der Waals surface area contributed by atoms with Gasteiger partial charge in [-0.2, -0.15) is 0 Å². The summed E-state index contributed by atoms with van der Waals surface area (Å²) in [6, 6.07) is 3.50. The van der Waals surface area contributed by atoms with Gasteiger partial charge in [-0.1, -0.05) is 53.5 Å². The maximum atomic E-state index is 9.93. The van der Waals surface area contributed by atoms with Crippen LogP contribution in [0.25, 0.3) is 0 Å². The fourth-order valence-corrected chi connectivity index (χ4v) is 5.73. The SMILES string of the molecule is C=CC(O)C[C@@H](O[Si](CC)(CC)CC)[C@@H](C)CCCC. The fourth-order valence-electron chi connectivity index (χ4n) is 2.76. The first-order valence-corrected chi connectivity index (χ1v) is 11.0. The molecule has 0 aromatic heterocycles. The third-order valence-corrected chi connectivity index (χ3v) is 9.40. The molecule has 0 spiro atoms. The average Bonchev–Trinajstić information content (AvgIpc) is 2.49. The molecule has 1 unspecified atom stereocenters. The second-order valence-corrected chi connectivity index (χ2v) is 10.8. The highest BCUT2D eigenvalue weighted by Gasteiger charge is 2.34. The Hall–Kier alpha value is -0.123. The van der Waals surface area contributed by atoms with Crippen LogP contribution in [0.1, 0.15) is 60.3 Å². The summed E-state index contributed by atoms with van der Waals surface area (Å²) < 4.78 is 6.65. The molecule has 0 fully saturated rings. The average molecular weight is 301 g/mol. The van der Waals surface area contributed by atoms with E-state index in [1.165, 1.54) is 37.4 Å². The van der Waals surface area contributed by atoms with E-state index in [1.54, 1.807) is 6.08 Å². The Kier molecular flexibility index (Phi) is 10.5. The van der Waals surface area contributed by atoms with Crippen LogP contribution in [-0.4, -0.2) is 25.6 Å². The summed E-state index contributed by atoms with van der Waals surface area (Å²) in [5.74, 6) is 0.515. The maximum Gasteiger partial charge on any atom is 0.192 e. The smallest absolute Gasteiger partial charge is 0.192 e. The molecule has 0 bridgehead atoms. The van der Waals surface area contributed by atoms with Gasteiger partial charge in [-0.3, -0.25) is 0 Å². The highest BCUT2D eigenvalue weighted by molar-refractivity contribution is 6.73. The van der Waals surface area contributed by atoms with Gasteiger partial charge in [0.25, 0.3) is 0 Å². The van der Waals surface area contributed by atoms with Gasteiger partial charge < -0.3 is 9.53 Å². The first-order chi connectivity index (χ1) is 9.48. The van der Waals surface area contributed by atoms with Gasteiger partial charge >= 0.3 is 0 Å². The van der Waals surface area contributed by atoms with Gasteiger partial charge in [-0.05, 0) is 30.5 Å². The number of aliphatic hydroxyl groups is 1. The fraction of sp³-hybridized carbons (Fsp3) is 0.882. The van der Waals surface area contributed by atoms with Crippen molar-refractivity contribution in [2.45, 2.75) is 90.6 Å². The van der Waals surface area contributed by atoms with Gasteiger partial charge in [0.15, 0.2) is 8.32 Å². The van der Waals surface area contributed by atoms with Crippen LogP contribution in [-0.2, 0) is 4.43 Å². The van der Waals surface area contributed by atoms with Gasteiger partial charge in [-0.15, -0.1) is 6.58 Å². The van der Waals surface area contributed by atoms with Crippen molar-refractivity contribution in [3.63, 3.8) is 0 Å². The van der Waals surface area contributed by atoms with Crippen LogP contribution in [0.5, 0.6) is 0 Å². The summed E-state index contributed by atoms with van der Waals surface area (Å²) in [4.78, 5) is 0. The Morgan fingerprint density at radius 2 is 1.70 bits per heavy atom. The second kappa shape index (κ2) is 10.6. The van der Waals surface area contributed by atoms with Crippen LogP contribution >= 0.6 is 0 Å². The van der Waals surface area contributed by atoms with Crippen molar-refractivity contribution in [1.29, 1.82) is 0 Å². The second-order valence-electron chi connectivity index (χ2n) is 6.06. The third kappa shape index (κ3) is 6.55. The zero-order valence-electron chi connectivity index (χ0n) is 14.3. The van der Waals surface area contributed by atoms with E-state index in [0.29, 0.717) is 12.3 Å². The van der Waals surface area contributed by atoms with E-state index in [2.05, 4.69) is 41.2 Å². The molecular formula is C17H36O2Si. The van der Waals surface area contributed by atoms with Crippen molar-refractivity contribution < 1.29 is 9.53 Å². The van der Waals surface area contributed by atoms with Gasteiger partial charge in [0.1, 0.15) is 0 Å². The largest absolute Gasteiger partial charge is 0.414 e. The molecule has 0 aromatic rings. The molecule has 1 N–H and O–H groups in total. The summed E-state index contributed by atoms with van der Waals surface area (Å²) in [7, 11) is -1.61. The van der Waals surface area contributed by atoms with Gasteiger partial charge in [-0.25, -0.2) is 0 Å². The molecule has 0 amide bonds. The molecule has 20 heavy (non-hydrogen) atoms. The van der Waals surface area contributed by atoms with Crippen molar-refractivity contribution >= 4 is 8.32 Å². The van der Waals surface area contributed by atoms with E-state index in [9.17, 15) is 5.11 Å². The number of aliphatic hydroxyl groups excluding tert-OH is 1. The number of hydrogen-bond acceptors (Lipinski definition) is 2. The summed E-state index contributed by atoms with van der Waals surface area (Å²) in [5.41, 5.74) is 0. The van der Waals surface area contributed by atoms with Crippen LogP contribution in [0.15, 0.2) is 12.7 Å². The van der Waals surface area contributed by atoms with Crippen LogP contribution < -0.4 is 0 Å². The van der Waals surface area contributed by atoms with E-state index in [4.69, 9.17) is 4.43 Å². The topological polar surface area (TPSA) is 29.5 Å². The van der Waals surface area contributed by atoms with E-state index >= 15 is 0 Å². The molecule has 0 aliphatic rings. The van der Waals surface area contributed by atoms with E-state index < -0.39 is 14.4 Å². The zero-order valence-corrected chi connectivity index (χ0v) is 15.3. The van der Waals surface area contributed by atoms with Crippen molar-refractivity contribution in [3.8, 4) is 0 Å². The Morgan fingerprint density at radius 3 is 2.10 bits per heavy atom. The molecule has 0 aliphatic heterocycles. The number of unbranched alkanes of at least 4 members (excludes halogenated alkanes) is 1. The quantitative estimate of drug-likeness (QED) is 0.399. The lowest BCUT2D eigenvalue weighted by atomic mass is 9.94. The molecule has 2 nitrogen and oxygen atoms in total. The highest BCUT2D eigenvalue weighted by Crippen LogP contribution is 2.29. The van der Waals surface area contributed by atoms with Crippen LogP contribution in [0.4, 0.5) is 0 Å². The minimum absolute atomic E-state index is 0.182. The molecule has 3 heteroatoms. The van der Waals surface area contributed by atoms with Gasteiger partial charge in [0, 0.05) is 6.42 Å². The molecule has 0 rings (SSSR count). The third-order valence-electron chi connectivity index (χ3n) is 4.73. The molecule has 0 aromatic carbocycles. The van der Waals surface area contributed by atoms with Gasteiger partial charge in [0.05, 0.1) is 12.2 Å². The summed E-state index contributed by atoms with van der Waals surface area (Å²) in [5, 5.41) is 9.93. The molecule has 0 heterocycles. The minimum Gasteiger partial charge on any atom is -0.414 e. The summed E-state index contributed by atoms with van der Waals surface area (Å²) in [6.07, 6.45) is 5.72. The van der Waals surface area contributed by atoms with Crippen molar-refractivity contribution in [2.75, 3.05) is 0 Å². The molecule has 0 saturated heterocycles. The van der Waals surface area contributed by atoms with E-state index in [1.807, 2.05) is 0 Å². The lowest BCUT2D eigenvalue weighted by molar-refractivity contribution is 0.0718. The minimum atomic E-state index is -1.61. The molecule has 120 valence electrons. The Balaban J connectivity index is 4.85. The molecular weight excluding hydrogens is 264 g/mol. The van der Waals surface area contributed by atoms with Crippen LogP contribution in [0.3, 0.4) is 0 Å².